The molecule has 0 amide bonds. The summed E-state index contributed by atoms with van der Waals surface area (Å²) in [4.78, 5) is 71.3. The van der Waals surface area contributed by atoms with Gasteiger partial charge in [-0.1, -0.05) is 26.5 Å². The predicted molar refractivity (Wildman–Crippen MR) is 155 cm³/mol. The molecule has 1 aromatic rings. The average molecular weight is 616 g/mol. The fourth-order valence-corrected chi connectivity index (χ4v) is 3.20. The number of carbonyl (C=O) groups excluding carboxylic acids is 3. The number of methoxy groups -OCH3 is 1. The van der Waals surface area contributed by atoms with Crippen LogP contribution < -0.4 is 17.1 Å². The van der Waals surface area contributed by atoms with Gasteiger partial charge in [-0.3, -0.25) is 9.59 Å². The van der Waals surface area contributed by atoms with Crippen molar-refractivity contribution in [2.75, 3.05) is 20.3 Å². The van der Waals surface area contributed by atoms with E-state index in [1.54, 1.807) is 13.8 Å². The Morgan fingerprint density at radius 1 is 0.791 bits per heavy atom. The molecule has 1 rings (SSSR count). The second kappa shape index (κ2) is 21.0. The minimum Gasteiger partial charge on any atom is -0.469 e. The van der Waals surface area contributed by atoms with E-state index < -0.39 is 60.5 Å². The number of hydrogen-bond donors (Lipinski definition) is 3. The number of aromatic nitrogens is 3. The number of esters is 3. The second-order valence-corrected chi connectivity index (χ2v) is 9.59. The summed E-state index contributed by atoms with van der Waals surface area (Å²) in [5.74, 6) is -1.44. The molecule has 1 aromatic heterocycles. The van der Waals surface area contributed by atoms with Crippen LogP contribution in [0.2, 0.25) is 0 Å². The Morgan fingerprint density at radius 2 is 1.26 bits per heavy atom. The fourth-order valence-electron chi connectivity index (χ4n) is 3.20. The maximum absolute atomic E-state index is 12.7. The third-order valence-corrected chi connectivity index (χ3v) is 5.86. The van der Waals surface area contributed by atoms with Crippen molar-refractivity contribution in [3.63, 3.8) is 0 Å². The van der Waals surface area contributed by atoms with Gasteiger partial charge in [0, 0.05) is 18.4 Å². The molecule has 0 aliphatic carbocycles. The molecule has 0 bridgehead atoms. The number of ether oxygens (including phenoxy) is 3. The van der Waals surface area contributed by atoms with E-state index in [0.717, 1.165) is 9.13 Å². The molecule has 3 unspecified atom stereocenters. The molecule has 15 nitrogen and oxygen atoms in total. The fraction of sp³-hybridized carbons (Fsp3) is 0.643. The van der Waals surface area contributed by atoms with Crippen LogP contribution in [-0.2, 0) is 48.2 Å². The molecule has 0 aliphatic heterocycles. The van der Waals surface area contributed by atoms with Gasteiger partial charge in [-0.15, -0.1) is 6.58 Å². The lowest BCUT2D eigenvalue weighted by atomic mass is 10.2. The average Bonchev–Trinajstić information content (AvgIpc) is 2.99. The molecule has 0 aliphatic rings. The molecule has 43 heavy (non-hydrogen) atoms. The molecule has 15 heteroatoms. The first-order chi connectivity index (χ1) is 20.2. The lowest BCUT2D eigenvalue weighted by molar-refractivity contribution is -0.147. The number of hydrogen-bond acceptors (Lipinski definition) is 12. The normalized spacial score (nSPS) is 12.6. The van der Waals surface area contributed by atoms with Crippen molar-refractivity contribution in [3.8, 4) is 0 Å². The number of unbranched alkanes of at least 4 members (excludes halogenated alkanes) is 1. The first-order valence-corrected chi connectivity index (χ1v) is 13.9. The molecule has 244 valence electrons. The summed E-state index contributed by atoms with van der Waals surface area (Å²) in [6.07, 6.45) is 0.272. The molecule has 0 saturated carbocycles. The van der Waals surface area contributed by atoms with Crippen LogP contribution in [0.5, 0.6) is 0 Å². The number of allylic oxidation sites excluding steroid dienone is 1. The summed E-state index contributed by atoms with van der Waals surface area (Å²) < 4.78 is 16.2. The molecule has 0 aromatic carbocycles. The zero-order chi connectivity index (χ0) is 33.1. The van der Waals surface area contributed by atoms with Gasteiger partial charge in [0.2, 0.25) is 0 Å². The molecule has 3 atom stereocenters. The predicted octanol–water partition coefficient (Wildman–Crippen LogP) is -0.357. The van der Waals surface area contributed by atoms with Gasteiger partial charge in [-0.05, 0) is 32.6 Å². The summed E-state index contributed by atoms with van der Waals surface area (Å²) in [6, 6.07) is 0. The van der Waals surface area contributed by atoms with Gasteiger partial charge in [0.05, 0.1) is 39.0 Å². The number of aliphatic hydroxyl groups excluding tert-OH is 3. The molecule has 3 N–H and O–H groups in total. The van der Waals surface area contributed by atoms with Crippen LogP contribution in [0.25, 0.3) is 0 Å². The maximum atomic E-state index is 12.7. The molecule has 1 heterocycles. The molecule has 0 spiro atoms. The summed E-state index contributed by atoms with van der Waals surface area (Å²) in [5.41, 5.74) is -2.47. The first kappa shape index (κ1) is 39.2. The highest BCUT2D eigenvalue weighted by Crippen LogP contribution is 2.03. The van der Waals surface area contributed by atoms with Crippen LogP contribution in [0.1, 0.15) is 59.3 Å². The highest BCUT2D eigenvalue weighted by molar-refractivity contribution is 5.86. The van der Waals surface area contributed by atoms with E-state index in [0.29, 0.717) is 29.4 Å². The van der Waals surface area contributed by atoms with Crippen LogP contribution in [0, 0.1) is 0 Å². The first-order valence-electron chi connectivity index (χ1n) is 13.9. The SMILES string of the molecule is C=C(C)C(=O)OCC(O)CC.C=CCn1c(=O)n(CC(O)CC)c(=O)n(CC(O)COC(=O)CCCCC(=O)OC)c1=O. The van der Waals surface area contributed by atoms with Crippen LogP contribution in [0.15, 0.2) is 39.2 Å². The van der Waals surface area contributed by atoms with E-state index in [4.69, 9.17) is 9.84 Å². The topological polar surface area (TPSA) is 206 Å². The van der Waals surface area contributed by atoms with Crippen LogP contribution in [-0.4, -0.2) is 85.6 Å². The smallest absolute Gasteiger partial charge is 0.336 e. The Morgan fingerprint density at radius 3 is 1.72 bits per heavy atom. The zero-order valence-electron chi connectivity index (χ0n) is 25.4. The quantitative estimate of drug-likeness (QED) is 0.0637. The lowest BCUT2D eigenvalue weighted by Crippen LogP contribution is -2.56. The van der Waals surface area contributed by atoms with E-state index in [-0.39, 0.29) is 44.9 Å². The van der Waals surface area contributed by atoms with E-state index in [1.165, 1.54) is 13.2 Å². The standard InChI is InChI=1S/C20H31N3O9.C8H14O3/c1-4-10-21-18(28)22(11-14(24)5-2)20(30)23(19(21)29)12-15(25)13-32-17(27)9-7-6-8-16(26)31-3;1-4-7(9)5-11-8(10)6(2)3/h4,14-15,24-25H,1,5-13H2,2-3H3;7,9H,2,4-5H2,1,3H3. The third-order valence-electron chi connectivity index (χ3n) is 5.86. The summed E-state index contributed by atoms with van der Waals surface area (Å²) >= 11 is 0. The van der Waals surface area contributed by atoms with Crippen LogP contribution in [0.3, 0.4) is 0 Å². The molecular weight excluding hydrogens is 570 g/mol. The van der Waals surface area contributed by atoms with Crippen molar-refractivity contribution in [1.29, 1.82) is 0 Å². The van der Waals surface area contributed by atoms with E-state index in [2.05, 4.69) is 22.6 Å². The summed E-state index contributed by atoms with van der Waals surface area (Å²) in [7, 11) is 1.27. The van der Waals surface area contributed by atoms with Crippen molar-refractivity contribution in [2.45, 2.75) is 97.2 Å². The summed E-state index contributed by atoms with van der Waals surface area (Å²) in [5, 5.41) is 29.0. The number of aliphatic hydroxyl groups is 3. The Labute approximate surface area is 249 Å². The third kappa shape index (κ3) is 14.8. The van der Waals surface area contributed by atoms with Crippen molar-refractivity contribution in [2.24, 2.45) is 0 Å². The van der Waals surface area contributed by atoms with Crippen LogP contribution >= 0.6 is 0 Å². The molecule has 0 fully saturated rings. The Hall–Kier alpha value is -3.82. The molecule has 0 saturated heterocycles. The van der Waals surface area contributed by atoms with E-state index >= 15 is 0 Å². The number of rotatable bonds is 18. The Kier molecular flexibility index (Phi) is 19.1. The van der Waals surface area contributed by atoms with Gasteiger partial charge < -0.3 is 29.5 Å². The Balaban J connectivity index is 0.00000135. The minimum absolute atomic E-state index is 0.0234. The van der Waals surface area contributed by atoms with Gasteiger partial charge >= 0.3 is 35.0 Å². The van der Waals surface area contributed by atoms with Crippen LogP contribution in [0.4, 0.5) is 0 Å². The van der Waals surface area contributed by atoms with Gasteiger partial charge in [0.25, 0.3) is 0 Å². The van der Waals surface area contributed by atoms with Gasteiger partial charge in [-0.2, -0.15) is 0 Å². The van der Waals surface area contributed by atoms with Crippen molar-refractivity contribution >= 4 is 17.9 Å². The van der Waals surface area contributed by atoms with Crippen molar-refractivity contribution in [1.82, 2.24) is 13.7 Å². The van der Waals surface area contributed by atoms with Crippen molar-refractivity contribution < 1.29 is 43.9 Å². The monoisotopic (exact) mass is 615 g/mol. The minimum atomic E-state index is -1.39. The zero-order valence-corrected chi connectivity index (χ0v) is 25.4. The highest BCUT2D eigenvalue weighted by Gasteiger charge is 2.20. The van der Waals surface area contributed by atoms with Gasteiger partial charge in [0.15, 0.2) is 0 Å². The van der Waals surface area contributed by atoms with E-state index in [9.17, 15) is 39.0 Å². The maximum Gasteiger partial charge on any atom is 0.336 e. The number of carbonyl (C=O) groups is 3. The van der Waals surface area contributed by atoms with Gasteiger partial charge in [0.1, 0.15) is 19.3 Å². The Bertz CT molecular complexity index is 1250. The highest BCUT2D eigenvalue weighted by atomic mass is 16.5. The molecular formula is C28H45N3O12. The summed E-state index contributed by atoms with van der Waals surface area (Å²) in [6.45, 7) is 10.5. The van der Waals surface area contributed by atoms with Gasteiger partial charge in [-0.25, -0.2) is 32.9 Å². The largest absolute Gasteiger partial charge is 0.469 e. The number of nitrogens with zero attached hydrogens (tertiary/aromatic N) is 3. The lowest BCUT2D eigenvalue weighted by Gasteiger charge is -2.17. The van der Waals surface area contributed by atoms with E-state index in [1.807, 2.05) is 6.92 Å². The second-order valence-electron chi connectivity index (χ2n) is 9.59. The molecule has 0 radical (unpaired) electrons. The van der Waals surface area contributed by atoms with Crippen molar-refractivity contribution in [3.05, 3.63) is 56.3 Å².